The molecule has 3 aromatic rings. The zero-order valence-electron chi connectivity index (χ0n) is 18.1. The number of likely N-dealkylation sites (N-methyl/N-ethyl adjacent to an activating group) is 1. The van der Waals surface area contributed by atoms with Crippen LogP contribution in [0.3, 0.4) is 0 Å². The molecule has 9 heteroatoms. The summed E-state index contributed by atoms with van der Waals surface area (Å²) in [6, 6.07) is 11.4. The second-order valence-electron chi connectivity index (χ2n) is 7.84. The maximum absolute atomic E-state index is 14.3. The van der Waals surface area contributed by atoms with Crippen molar-refractivity contribution < 1.29 is 13.9 Å². The second-order valence-corrected chi connectivity index (χ2v) is 7.84. The minimum Gasteiger partial charge on any atom is -0.494 e. The van der Waals surface area contributed by atoms with E-state index in [2.05, 4.69) is 32.5 Å². The lowest BCUT2D eigenvalue weighted by atomic mass is 10.2. The molecule has 0 spiro atoms. The van der Waals surface area contributed by atoms with Gasteiger partial charge in [-0.05, 0) is 55.9 Å². The molecule has 1 aliphatic rings. The number of anilines is 1. The van der Waals surface area contributed by atoms with Gasteiger partial charge in [0.25, 0.3) is 5.91 Å². The van der Waals surface area contributed by atoms with Crippen LogP contribution in [0.15, 0.2) is 54.9 Å². The molecule has 0 bridgehead atoms. The Morgan fingerprint density at radius 1 is 1.12 bits per heavy atom. The Kier molecular flexibility index (Phi) is 7.08. The quantitative estimate of drug-likeness (QED) is 0.545. The van der Waals surface area contributed by atoms with E-state index in [-0.39, 0.29) is 11.6 Å². The third-order valence-corrected chi connectivity index (χ3v) is 5.47. The van der Waals surface area contributed by atoms with Crippen molar-refractivity contribution >= 4 is 11.6 Å². The van der Waals surface area contributed by atoms with Crippen molar-refractivity contribution in [3.05, 3.63) is 66.2 Å². The van der Waals surface area contributed by atoms with Gasteiger partial charge in [-0.2, -0.15) is 0 Å². The van der Waals surface area contributed by atoms with Gasteiger partial charge in [0.05, 0.1) is 19.0 Å². The predicted molar refractivity (Wildman–Crippen MR) is 120 cm³/mol. The van der Waals surface area contributed by atoms with Gasteiger partial charge in [-0.25, -0.2) is 9.07 Å². The van der Waals surface area contributed by atoms with Crippen LogP contribution < -0.4 is 10.1 Å². The Morgan fingerprint density at radius 2 is 1.91 bits per heavy atom. The van der Waals surface area contributed by atoms with E-state index >= 15 is 0 Å². The normalized spacial score (nSPS) is 14.9. The second kappa shape index (κ2) is 10.3. The standard InChI is InChI=1S/C23H27FN6O2/c1-28-12-14-29(15-13-28)10-2-16-32-20-6-3-18(4-7-20)23(31)26-19-5-8-22(21(24)17-19)30-11-9-25-27-30/h3-9,11,17H,2,10,12-16H2,1H3,(H,26,31). The minimum absolute atomic E-state index is 0.259. The third-order valence-electron chi connectivity index (χ3n) is 5.47. The average molecular weight is 439 g/mol. The van der Waals surface area contributed by atoms with Crippen molar-refractivity contribution in [2.45, 2.75) is 6.42 Å². The molecule has 1 aliphatic heterocycles. The highest BCUT2D eigenvalue weighted by Crippen LogP contribution is 2.19. The van der Waals surface area contributed by atoms with Gasteiger partial charge in [0.15, 0.2) is 5.82 Å². The van der Waals surface area contributed by atoms with E-state index in [0.29, 0.717) is 17.9 Å². The number of aromatic nitrogens is 3. The highest BCUT2D eigenvalue weighted by Gasteiger charge is 2.13. The largest absolute Gasteiger partial charge is 0.494 e. The summed E-state index contributed by atoms with van der Waals surface area (Å²) in [7, 11) is 2.15. The highest BCUT2D eigenvalue weighted by atomic mass is 19.1. The molecule has 0 unspecified atom stereocenters. The minimum atomic E-state index is -0.506. The molecule has 4 rings (SSSR count). The van der Waals surface area contributed by atoms with Gasteiger partial charge in [-0.15, -0.1) is 5.10 Å². The van der Waals surface area contributed by atoms with E-state index in [4.69, 9.17) is 4.74 Å². The lowest BCUT2D eigenvalue weighted by Gasteiger charge is -2.32. The van der Waals surface area contributed by atoms with E-state index in [1.165, 1.54) is 16.9 Å². The lowest BCUT2D eigenvalue weighted by molar-refractivity contribution is 0.102. The first-order chi connectivity index (χ1) is 15.6. The summed E-state index contributed by atoms with van der Waals surface area (Å²) in [5.74, 6) is -0.101. The molecule has 2 aromatic carbocycles. The van der Waals surface area contributed by atoms with Gasteiger partial charge in [0.2, 0.25) is 0 Å². The molecule has 0 atom stereocenters. The topological polar surface area (TPSA) is 75.5 Å². The smallest absolute Gasteiger partial charge is 0.255 e. The molecule has 32 heavy (non-hydrogen) atoms. The molecule has 2 heterocycles. The summed E-state index contributed by atoms with van der Waals surface area (Å²) >= 11 is 0. The summed E-state index contributed by atoms with van der Waals surface area (Å²) in [5, 5.41) is 10.1. The van der Waals surface area contributed by atoms with Crippen molar-refractivity contribution in [3.63, 3.8) is 0 Å². The number of piperazine rings is 1. The van der Waals surface area contributed by atoms with Crippen LogP contribution in [0.1, 0.15) is 16.8 Å². The first-order valence-corrected chi connectivity index (χ1v) is 10.7. The number of ether oxygens (including phenoxy) is 1. The molecule has 1 saturated heterocycles. The van der Waals surface area contributed by atoms with Crippen LogP contribution in [0.4, 0.5) is 10.1 Å². The number of hydrogen-bond donors (Lipinski definition) is 1. The summed E-state index contributed by atoms with van der Waals surface area (Å²) < 4.78 is 21.5. The van der Waals surface area contributed by atoms with Crippen LogP contribution in [0.2, 0.25) is 0 Å². The molecule has 1 amide bonds. The number of hydrogen-bond acceptors (Lipinski definition) is 6. The van der Waals surface area contributed by atoms with E-state index in [0.717, 1.165) is 44.9 Å². The molecule has 8 nitrogen and oxygen atoms in total. The van der Waals surface area contributed by atoms with Gasteiger partial charge < -0.3 is 19.9 Å². The van der Waals surface area contributed by atoms with Crippen LogP contribution in [0.5, 0.6) is 5.75 Å². The average Bonchev–Trinajstić information content (AvgIpc) is 3.33. The van der Waals surface area contributed by atoms with Gasteiger partial charge >= 0.3 is 0 Å². The van der Waals surface area contributed by atoms with E-state index in [1.54, 1.807) is 42.6 Å². The molecule has 0 saturated carbocycles. The van der Waals surface area contributed by atoms with Crippen molar-refractivity contribution in [2.24, 2.45) is 0 Å². The fourth-order valence-corrected chi connectivity index (χ4v) is 3.56. The summed E-state index contributed by atoms with van der Waals surface area (Å²) in [4.78, 5) is 17.3. The number of benzene rings is 2. The van der Waals surface area contributed by atoms with Crippen LogP contribution in [-0.2, 0) is 0 Å². The van der Waals surface area contributed by atoms with Crippen LogP contribution >= 0.6 is 0 Å². The number of rotatable bonds is 8. The molecule has 1 fully saturated rings. The summed E-state index contributed by atoms with van der Waals surface area (Å²) in [5.41, 5.74) is 1.09. The predicted octanol–water partition coefficient (Wildman–Crippen LogP) is 2.68. The number of nitrogens with zero attached hydrogens (tertiary/aromatic N) is 5. The number of nitrogens with one attached hydrogen (secondary N) is 1. The molecule has 1 aromatic heterocycles. The van der Waals surface area contributed by atoms with Crippen LogP contribution in [-0.4, -0.2) is 77.1 Å². The Morgan fingerprint density at radius 3 is 2.59 bits per heavy atom. The Balaban J connectivity index is 1.24. The monoisotopic (exact) mass is 438 g/mol. The summed E-state index contributed by atoms with van der Waals surface area (Å²) in [6.07, 6.45) is 3.98. The Bertz CT molecular complexity index is 1020. The number of carbonyl (C=O) groups excluding carboxylic acids is 1. The first kappa shape index (κ1) is 21.9. The van der Waals surface area contributed by atoms with Crippen LogP contribution in [0, 0.1) is 5.82 Å². The lowest BCUT2D eigenvalue weighted by Crippen LogP contribution is -2.44. The van der Waals surface area contributed by atoms with Gasteiger partial charge in [-0.3, -0.25) is 4.79 Å². The van der Waals surface area contributed by atoms with Crippen molar-refractivity contribution in [1.82, 2.24) is 24.8 Å². The van der Waals surface area contributed by atoms with E-state index in [9.17, 15) is 9.18 Å². The zero-order valence-corrected chi connectivity index (χ0v) is 18.1. The molecular formula is C23H27FN6O2. The highest BCUT2D eigenvalue weighted by molar-refractivity contribution is 6.04. The van der Waals surface area contributed by atoms with E-state index in [1.807, 2.05) is 0 Å². The summed E-state index contributed by atoms with van der Waals surface area (Å²) in [6.45, 7) is 6.10. The number of amides is 1. The number of carbonyl (C=O) groups is 1. The maximum Gasteiger partial charge on any atom is 0.255 e. The van der Waals surface area contributed by atoms with Gasteiger partial charge in [0.1, 0.15) is 11.4 Å². The fraction of sp³-hybridized carbons (Fsp3) is 0.348. The zero-order chi connectivity index (χ0) is 22.3. The molecule has 168 valence electrons. The Labute approximate surface area is 186 Å². The van der Waals surface area contributed by atoms with E-state index < -0.39 is 5.82 Å². The van der Waals surface area contributed by atoms with Gasteiger partial charge in [-0.1, -0.05) is 5.21 Å². The third kappa shape index (κ3) is 5.68. The fourth-order valence-electron chi connectivity index (χ4n) is 3.56. The molecule has 1 N–H and O–H groups in total. The Hall–Kier alpha value is -3.30. The number of halogens is 1. The van der Waals surface area contributed by atoms with Crippen molar-refractivity contribution in [3.8, 4) is 11.4 Å². The van der Waals surface area contributed by atoms with Crippen molar-refractivity contribution in [2.75, 3.05) is 51.7 Å². The van der Waals surface area contributed by atoms with Crippen LogP contribution in [0.25, 0.3) is 5.69 Å². The van der Waals surface area contributed by atoms with Gasteiger partial charge in [0, 0.05) is 44.0 Å². The molecule has 0 aliphatic carbocycles. The SMILES string of the molecule is CN1CCN(CCCOc2ccc(C(=O)Nc3ccc(-n4ccnn4)c(F)c3)cc2)CC1. The molecular weight excluding hydrogens is 411 g/mol. The molecule has 0 radical (unpaired) electrons. The first-order valence-electron chi connectivity index (χ1n) is 10.7. The maximum atomic E-state index is 14.3. The van der Waals surface area contributed by atoms with Crippen molar-refractivity contribution in [1.29, 1.82) is 0 Å².